The smallest absolute Gasteiger partial charge is 0.276 e. The van der Waals surface area contributed by atoms with Crippen molar-refractivity contribution in [3.05, 3.63) is 59.9 Å². The van der Waals surface area contributed by atoms with Crippen molar-refractivity contribution in [2.75, 3.05) is 11.9 Å². The van der Waals surface area contributed by atoms with Gasteiger partial charge >= 0.3 is 0 Å². The van der Waals surface area contributed by atoms with E-state index in [1.54, 1.807) is 18.5 Å². The maximum absolute atomic E-state index is 12.3. The fourth-order valence-electron chi connectivity index (χ4n) is 1.91. The van der Waals surface area contributed by atoms with Crippen molar-refractivity contribution in [1.82, 2.24) is 10.5 Å². The van der Waals surface area contributed by atoms with Crippen LogP contribution in [0.1, 0.15) is 36.7 Å². The third-order valence-electron chi connectivity index (χ3n) is 3.07. The summed E-state index contributed by atoms with van der Waals surface area (Å²) in [5, 5.41) is 3.27. The summed E-state index contributed by atoms with van der Waals surface area (Å²) in [6.07, 6.45) is 3.49. The van der Waals surface area contributed by atoms with Gasteiger partial charge in [-0.25, -0.2) is 5.48 Å². The summed E-state index contributed by atoms with van der Waals surface area (Å²) in [5.74, 6) is -0.257. The topological polar surface area (TPSA) is 63.2 Å². The van der Waals surface area contributed by atoms with E-state index in [4.69, 9.17) is 4.84 Å². The molecule has 0 saturated carbocycles. The van der Waals surface area contributed by atoms with E-state index in [1.165, 1.54) is 0 Å². The number of anilines is 1. The quantitative estimate of drug-likeness (QED) is 0.802. The molecule has 1 aromatic carbocycles. The molecule has 2 aromatic rings. The van der Waals surface area contributed by atoms with E-state index in [2.05, 4.69) is 15.8 Å². The standard InChI is InChI=1S/C18H23N3O2/c1-18(2,3)13-23-21-17(22)15-6-4-5-7-16(15)20-12-14-8-10-19-11-9-14/h4-11,20H,12-13H2,1-3H3,(H,21,22). The van der Waals surface area contributed by atoms with E-state index < -0.39 is 0 Å². The number of pyridine rings is 1. The number of nitrogens with one attached hydrogen (secondary N) is 2. The van der Waals surface area contributed by atoms with Crippen molar-refractivity contribution < 1.29 is 9.63 Å². The summed E-state index contributed by atoms with van der Waals surface area (Å²) in [7, 11) is 0. The Labute approximate surface area is 137 Å². The van der Waals surface area contributed by atoms with Crippen LogP contribution in [0.15, 0.2) is 48.8 Å². The number of hydroxylamine groups is 1. The lowest BCUT2D eigenvalue weighted by Crippen LogP contribution is -2.29. The van der Waals surface area contributed by atoms with Gasteiger partial charge in [0.05, 0.1) is 12.2 Å². The maximum atomic E-state index is 12.3. The third-order valence-corrected chi connectivity index (χ3v) is 3.07. The normalized spacial score (nSPS) is 11.1. The number of aromatic nitrogens is 1. The van der Waals surface area contributed by atoms with Crippen molar-refractivity contribution in [1.29, 1.82) is 0 Å². The van der Waals surface area contributed by atoms with Crippen LogP contribution in [0.5, 0.6) is 0 Å². The average molecular weight is 313 g/mol. The van der Waals surface area contributed by atoms with Crippen molar-refractivity contribution in [2.24, 2.45) is 5.41 Å². The highest BCUT2D eigenvalue weighted by molar-refractivity contribution is 5.98. The number of amides is 1. The monoisotopic (exact) mass is 313 g/mol. The van der Waals surface area contributed by atoms with E-state index in [0.717, 1.165) is 11.3 Å². The summed E-state index contributed by atoms with van der Waals surface area (Å²) in [4.78, 5) is 21.6. The number of carbonyl (C=O) groups excluding carboxylic acids is 1. The molecule has 122 valence electrons. The zero-order chi connectivity index (χ0) is 16.7. The van der Waals surface area contributed by atoms with Gasteiger partial charge in [-0.1, -0.05) is 32.9 Å². The molecule has 5 heteroatoms. The molecule has 1 heterocycles. The molecule has 1 amide bonds. The summed E-state index contributed by atoms with van der Waals surface area (Å²) < 4.78 is 0. The Morgan fingerprint density at radius 2 is 1.83 bits per heavy atom. The molecule has 2 rings (SSSR count). The first kappa shape index (κ1) is 17.0. The van der Waals surface area contributed by atoms with Crippen LogP contribution < -0.4 is 10.8 Å². The zero-order valence-electron chi connectivity index (χ0n) is 13.8. The number of hydrogen-bond acceptors (Lipinski definition) is 4. The maximum Gasteiger partial charge on any atom is 0.276 e. The molecule has 1 aromatic heterocycles. The van der Waals surface area contributed by atoms with E-state index in [1.807, 2.05) is 51.1 Å². The van der Waals surface area contributed by atoms with Gasteiger partial charge in [0.2, 0.25) is 0 Å². The molecule has 0 saturated heterocycles. The second-order valence-corrected chi connectivity index (χ2v) is 6.54. The fourth-order valence-corrected chi connectivity index (χ4v) is 1.91. The Hall–Kier alpha value is -2.40. The van der Waals surface area contributed by atoms with Gasteiger partial charge in [-0.2, -0.15) is 0 Å². The summed E-state index contributed by atoms with van der Waals surface area (Å²) in [6.45, 7) is 7.21. The molecule has 0 fully saturated rings. The van der Waals surface area contributed by atoms with E-state index >= 15 is 0 Å². The molecule has 0 bridgehead atoms. The molecule has 0 aliphatic rings. The predicted molar refractivity (Wildman–Crippen MR) is 90.9 cm³/mol. The second kappa shape index (κ2) is 7.74. The zero-order valence-corrected chi connectivity index (χ0v) is 13.8. The molecule has 0 spiro atoms. The Morgan fingerprint density at radius 1 is 1.13 bits per heavy atom. The molecule has 0 radical (unpaired) electrons. The first-order chi connectivity index (χ1) is 11.0. The van der Waals surface area contributed by atoms with Gasteiger partial charge in [0.25, 0.3) is 5.91 Å². The van der Waals surface area contributed by atoms with Gasteiger partial charge in [0.15, 0.2) is 0 Å². The number of benzene rings is 1. The third kappa shape index (κ3) is 5.71. The molecule has 2 N–H and O–H groups in total. The fraction of sp³-hybridized carbons (Fsp3) is 0.333. The summed E-state index contributed by atoms with van der Waals surface area (Å²) in [5.41, 5.74) is 4.91. The van der Waals surface area contributed by atoms with E-state index in [9.17, 15) is 4.79 Å². The van der Waals surface area contributed by atoms with Crippen molar-refractivity contribution in [2.45, 2.75) is 27.3 Å². The molecular weight excluding hydrogens is 290 g/mol. The lowest BCUT2D eigenvalue weighted by atomic mass is 9.99. The largest absolute Gasteiger partial charge is 0.380 e. The Kier molecular flexibility index (Phi) is 5.71. The second-order valence-electron chi connectivity index (χ2n) is 6.54. The minimum atomic E-state index is -0.257. The molecule has 0 aliphatic heterocycles. The van der Waals surface area contributed by atoms with Crippen LogP contribution >= 0.6 is 0 Å². The van der Waals surface area contributed by atoms with Crippen molar-refractivity contribution in [3.8, 4) is 0 Å². The number of para-hydroxylation sites is 1. The van der Waals surface area contributed by atoms with Crippen LogP contribution in [0.25, 0.3) is 0 Å². The Bertz CT molecular complexity index is 636. The van der Waals surface area contributed by atoms with E-state index in [0.29, 0.717) is 18.7 Å². The van der Waals surface area contributed by atoms with Crippen molar-refractivity contribution >= 4 is 11.6 Å². The van der Waals surface area contributed by atoms with Gasteiger partial charge in [-0.3, -0.25) is 14.6 Å². The highest BCUT2D eigenvalue weighted by Gasteiger charge is 2.14. The summed E-state index contributed by atoms with van der Waals surface area (Å²) >= 11 is 0. The first-order valence-electron chi connectivity index (χ1n) is 7.60. The van der Waals surface area contributed by atoms with Crippen LogP contribution in [0.2, 0.25) is 0 Å². The highest BCUT2D eigenvalue weighted by Crippen LogP contribution is 2.17. The highest BCUT2D eigenvalue weighted by atomic mass is 16.7. The number of rotatable bonds is 6. The molecule has 0 unspecified atom stereocenters. The number of carbonyl (C=O) groups is 1. The van der Waals surface area contributed by atoms with E-state index in [-0.39, 0.29) is 11.3 Å². The molecule has 0 atom stereocenters. The minimum Gasteiger partial charge on any atom is -0.380 e. The molecular formula is C18H23N3O2. The SMILES string of the molecule is CC(C)(C)CONC(=O)c1ccccc1NCc1ccncc1. The Balaban J connectivity index is 1.98. The minimum absolute atomic E-state index is 0.00755. The van der Waals surface area contributed by atoms with Crippen LogP contribution in [-0.4, -0.2) is 17.5 Å². The average Bonchev–Trinajstić information content (AvgIpc) is 2.53. The van der Waals surface area contributed by atoms with Crippen molar-refractivity contribution in [3.63, 3.8) is 0 Å². The van der Waals surface area contributed by atoms with Crippen LogP contribution in [0.3, 0.4) is 0 Å². The van der Waals surface area contributed by atoms with Crippen LogP contribution in [0.4, 0.5) is 5.69 Å². The molecule has 0 aliphatic carbocycles. The van der Waals surface area contributed by atoms with Crippen LogP contribution in [-0.2, 0) is 11.4 Å². The van der Waals surface area contributed by atoms with Gasteiger partial charge in [-0.05, 0) is 35.2 Å². The number of nitrogens with zero attached hydrogens (tertiary/aromatic N) is 1. The van der Waals surface area contributed by atoms with Gasteiger partial charge in [0, 0.05) is 24.6 Å². The van der Waals surface area contributed by atoms with Gasteiger partial charge in [0.1, 0.15) is 0 Å². The Morgan fingerprint density at radius 3 is 2.52 bits per heavy atom. The van der Waals surface area contributed by atoms with Gasteiger partial charge in [-0.15, -0.1) is 0 Å². The molecule has 23 heavy (non-hydrogen) atoms. The molecule has 5 nitrogen and oxygen atoms in total. The lowest BCUT2D eigenvalue weighted by molar-refractivity contribution is 0.00170. The number of hydrogen-bond donors (Lipinski definition) is 2. The summed E-state index contributed by atoms with van der Waals surface area (Å²) in [6, 6.07) is 11.2. The predicted octanol–water partition coefficient (Wildman–Crippen LogP) is 3.40. The van der Waals surface area contributed by atoms with Gasteiger partial charge < -0.3 is 5.32 Å². The first-order valence-corrected chi connectivity index (χ1v) is 7.60. The van der Waals surface area contributed by atoms with Crippen LogP contribution in [0, 0.1) is 5.41 Å². The lowest BCUT2D eigenvalue weighted by Gasteiger charge is -2.18.